The number of rotatable bonds is 5. The van der Waals surface area contributed by atoms with Gasteiger partial charge in [-0.1, -0.05) is 0 Å². The fraction of sp³-hybridized carbons (Fsp3) is 0.100. The first-order valence-corrected chi connectivity index (χ1v) is 8.82. The van der Waals surface area contributed by atoms with Crippen LogP contribution in [0, 0.1) is 5.82 Å². The number of aromatic nitrogens is 4. The smallest absolute Gasteiger partial charge is 0.336 e. The first-order chi connectivity index (χ1) is 14.2. The fourth-order valence-corrected chi connectivity index (χ4v) is 3.22. The maximum Gasteiger partial charge on any atom is 0.336 e. The summed E-state index contributed by atoms with van der Waals surface area (Å²) >= 11 is 0. The van der Waals surface area contributed by atoms with E-state index in [1.807, 2.05) is 12.1 Å². The van der Waals surface area contributed by atoms with Gasteiger partial charge in [0.2, 0.25) is 0 Å². The maximum absolute atomic E-state index is 13.7. The van der Waals surface area contributed by atoms with E-state index in [2.05, 4.69) is 20.3 Å². The number of imidazole rings is 1. The van der Waals surface area contributed by atoms with Gasteiger partial charge in [0.15, 0.2) is 11.5 Å². The Balaban J connectivity index is 1.52. The maximum atomic E-state index is 13.7. The summed E-state index contributed by atoms with van der Waals surface area (Å²) in [4.78, 5) is 24.9. The van der Waals surface area contributed by atoms with E-state index >= 15 is 0 Å². The molecule has 0 saturated heterocycles. The van der Waals surface area contributed by atoms with Gasteiger partial charge >= 0.3 is 5.63 Å². The molecule has 0 atom stereocenters. The fourth-order valence-electron chi connectivity index (χ4n) is 3.22. The molecule has 0 fully saturated rings. The summed E-state index contributed by atoms with van der Waals surface area (Å²) in [5.74, 6) is 0.921. The van der Waals surface area contributed by atoms with Crippen molar-refractivity contribution in [2.45, 2.75) is 13.1 Å². The second-order valence-electron chi connectivity index (χ2n) is 6.43. The van der Waals surface area contributed by atoms with Gasteiger partial charge in [0.1, 0.15) is 29.0 Å². The molecule has 0 amide bonds. The van der Waals surface area contributed by atoms with Crippen molar-refractivity contribution in [2.24, 2.45) is 0 Å². The van der Waals surface area contributed by atoms with Gasteiger partial charge in [-0.3, -0.25) is 0 Å². The number of halogens is 1. The highest BCUT2D eigenvalue weighted by Gasteiger charge is 2.13. The van der Waals surface area contributed by atoms with Gasteiger partial charge in [0.25, 0.3) is 0 Å². The van der Waals surface area contributed by atoms with Crippen molar-refractivity contribution >= 4 is 28.0 Å². The minimum atomic E-state index is -0.501. The van der Waals surface area contributed by atoms with E-state index < -0.39 is 11.4 Å². The SMILES string of the molecule is O=c1cc(Cn2cnc3c(NCc4ccco4)ncnc32)c2cc(F)ccc2o1. The Morgan fingerprint density at radius 3 is 2.93 bits per heavy atom. The number of furan rings is 1. The van der Waals surface area contributed by atoms with Gasteiger partial charge in [-0.25, -0.2) is 24.1 Å². The minimum absolute atomic E-state index is 0.274. The second kappa shape index (κ2) is 6.86. The first kappa shape index (κ1) is 17.1. The minimum Gasteiger partial charge on any atom is -0.467 e. The number of hydrogen-bond donors (Lipinski definition) is 1. The highest BCUT2D eigenvalue weighted by molar-refractivity contribution is 5.83. The normalized spacial score (nSPS) is 11.3. The highest BCUT2D eigenvalue weighted by Crippen LogP contribution is 2.22. The monoisotopic (exact) mass is 391 g/mol. The molecule has 144 valence electrons. The molecule has 4 heterocycles. The number of hydrogen-bond acceptors (Lipinski definition) is 7. The molecule has 9 heteroatoms. The Labute approximate surface area is 162 Å². The molecule has 0 unspecified atom stereocenters. The van der Waals surface area contributed by atoms with E-state index in [0.717, 1.165) is 5.76 Å². The number of nitrogens with one attached hydrogen (secondary N) is 1. The molecular weight excluding hydrogens is 377 g/mol. The quantitative estimate of drug-likeness (QED) is 0.459. The molecule has 4 aromatic heterocycles. The Bertz CT molecular complexity index is 1370. The first-order valence-electron chi connectivity index (χ1n) is 8.82. The zero-order valence-electron chi connectivity index (χ0n) is 15.0. The topological polar surface area (TPSA) is 99.0 Å². The van der Waals surface area contributed by atoms with E-state index in [9.17, 15) is 9.18 Å². The third kappa shape index (κ3) is 3.22. The van der Waals surface area contributed by atoms with E-state index in [1.165, 1.54) is 30.6 Å². The van der Waals surface area contributed by atoms with Crippen LogP contribution in [0.1, 0.15) is 11.3 Å². The Hall–Kier alpha value is -4.01. The zero-order valence-corrected chi connectivity index (χ0v) is 15.0. The van der Waals surface area contributed by atoms with Gasteiger partial charge in [0.05, 0.1) is 25.7 Å². The van der Waals surface area contributed by atoms with E-state index in [4.69, 9.17) is 8.83 Å². The molecular formula is C20H14FN5O3. The van der Waals surface area contributed by atoms with Crippen LogP contribution in [0.5, 0.6) is 0 Å². The molecule has 8 nitrogen and oxygen atoms in total. The standard InChI is InChI=1S/C20H14FN5O3/c21-13-3-4-16-15(7-13)12(6-17(27)29-16)9-26-11-25-18-19(23-10-24-20(18)26)22-8-14-2-1-5-28-14/h1-7,10-11H,8-9H2,(H,22,23,24). The van der Waals surface area contributed by atoms with Gasteiger partial charge in [-0.2, -0.15) is 0 Å². The molecule has 0 spiro atoms. The zero-order chi connectivity index (χ0) is 19.8. The predicted molar refractivity (Wildman–Crippen MR) is 103 cm³/mol. The molecule has 0 bridgehead atoms. The molecule has 0 aliphatic carbocycles. The summed E-state index contributed by atoms with van der Waals surface area (Å²) in [6.45, 7) is 0.728. The largest absolute Gasteiger partial charge is 0.467 e. The highest BCUT2D eigenvalue weighted by atomic mass is 19.1. The number of benzene rings is 1. The van der Waals surface area contributed by atoms with Crippen LogP contribution < -0.4 is 10.9 Å². The Morgan fingerprint density at radius 2 is 2.07 bits per heavy atom. The van der Waals surface area contributed by atoms with Crippen LogP contribution in [0.25, 0.3) is 22.1 Å². The molecule has 1 aromatic carbocycles. The van der Waals surface area contributed by atoms with E-state index in [1.54, 1.807) is 17.2 Å². The number of nitrogens with zero attached hydrogens (tertiary/aromatic N) is 4. The molecule has 0 saturated carbocycles. The van der Waals surface area contributed by atoms with Crippen molar-refractivity contribution in [1.82, 2.24) is 19.5 Å². The van der Waals surface area contributed by atoms with Crippen LogP contribution in [-0.2, 0) is 13.1 Å². The van der Waals surface area contributed by atoms with Crippen LogP contribution in [-0.4, -0.2) is 19.5 Å². The van der Waals surface area contributed by atoms with E-state index in [-0.39, 0.29) is 6.54 Å². The molecule has 0 aliphatic rings. The van der Waals surface area contributed by atoms with Crippen LogP contribution in [0.2, 0.25) is 0 Å². The second-order valence-corrected chi connectivity index (χ2v) is 6.43. The van der Waals surface area contributed by atoms with Gasteiger partial charge < -0.3 is 18.7 Å². The van der Waals surface area contributed by atoms with Gasteiger partial charge in [-0.05, 0) is 35.9 Å². The molecule has 5 rings (SSSR count). The molecule has 0 aliphatic heterocycles. The van der Waals surface area contributed by atoms with Crippen LogP contribution in [0.4, 0.5) is 10.2 Å². The summed E-state index contributed by atoms with van der Waals surface area (Å²) in [5, 5.41) is 3.70. The summed E-state index contributed by atoms with van der Waals surface area (Å²) in [6, 6.07) is 9.06. The third-order valence-corrected chi connectivity index (χ3v) is 4.54. The lowest BCUT2D eigenvalue weighted by Crippen LogP contribution is -2.06. The average molecular weight is 391 g/mol. The average Bonchev–Trinajstić information content (AvgIpc) is 3.37. The lowest BCUT2D eigenvalue weighted by molar-refractivity contribution is 0.518. The lowest BCUT2D eigenvalue weighted by atomic mass is 10.1. The summed E-state index contributed by atoms with van der Waals surface area (Å²) in [5.41, 5.74) is 1.60. The van der Waals surface area contributed by atoms with Crippen molar-refractivity contribution in [3.63, 3.8) is 0 Å². The lowest BCUT2D eigenvalue weighted by Gasteiger charge is -2.08. The van der Waals surface area contributed by atoms with Gasteiger partial charge in [-0.15, -0.1) is 0 Å². The number of anilines is 1. The molecule has 0 radical (unpaired) electrons. The Kier molecular flexibility index (Phi) is 4.05. The summed E-state index contributed by atoms with van der Waals surface area (Å²) in [7, 11) is 0. The summed E-state index contributed by atoms with van der Waals surface area (Å²) < 4.78 is 26.0. The molecule has 29 heavy (non-hydrogen) atoms. The van der Waals surface area contributed by atoms with Crippen molar-refractivity contribution in [3.8, 4) is 0 Å². The van der Waals surface area contributed by atoms with Gasteiger partial charge in [0, 0.05) is 11.5 Å². The van der Waals surface area contributed by atoms with Crippen LogP contribution in [0.3, 0.4) is 0 Å². The number of fused-ring (bicyclic) bond motifs is 2. The third-order valence-electron chi connectivity index (χ3n) is 4.54. The summed E-state index contributed by atoms with van der Waals surface area (Å²) in [6.07, 6.45) is 4.64. The van der Waals surface area contributed by atoms with Crippen LogP contribution in [0.15, 0.2) is 68.9 Å². The Morgan fingerprint density at radius 1 is 1.14 bits per heavy atom. The molecule has 1 N–H and O–H groups in total. The van der Waals surface area contributed by atoms with Crippen LogP contribution >= 0.6 is 0 Å². The van der Waals surface area contributed by atoms with Crippen molar-refractivity contribution < 1.29 is 13.2 Å². The van der Waals surface area contributed by atoms with Crippen molar-refractivity contribution in [2.75, 3.05) is 5.32 Å². The predicted octanol–water partition coefficient (Wildman–Crippen LogP) is 3.33. The van der Waals surface area contributed by atoms with E-state index in [0.29, 0.717) is 40.1 Å². The molecule has 5 aromatic rings. The van der Waals surface area contributed by atoms with Crippen molar-refractivity contribution in [3.05, 3.63) is 82.9 Å². The van der Waals surface area contributed by atoms with Crippen molar-refractivity contribution in [1.29, 1.82) is 0 Å².